The highest BCUT2D eigenvalue weighted by Crippen LogP contribution is 2.36. The molecular formula is C16H15BrN4. The van der Waals surface area contributed by atoms with Crippen molar-refractivity contribution >= 4 is 21.7 Å². The largest absolute Gasteiger partial charge is 0.383 e. The number of hydrogen-bond acceptors (Lipinski definition) is 3. The van der Waals surface area contributed by atoms with Gasteiger partial charge in [-0.15, -0.1) is 0 Å². The Hall–Kier alpha value is -2.14. The van der Waals surface area contributed by atoms with E-state index in [4.69, 9.17) is 5.73 Å². The number of benzene rings is 1. The zero-order valence-corrected chi connectivity index (χ0v) is 13.4. The summed E-state index contributed by atoms with van der Waals surface area (Å²) in [5.74, 6) is 0.647. The van der Waals surface area contributed by atoms with Gasteiger partial charge in [0, 0.05) is 29.5 Å². The van der Waals surface area contributed by atoms with E-state index in [2.05, 4.69) is 32.1 Å². The number of pyridine rings is 1. The number of nitrogens with zero attached hydrogens (tertiary/aromatic N) is 3. The van der Waals surface area contributed by atoms with Crippen molar-refractivity contribution in [2.24, 2.45) is 7.05 Å². The normalized spacial score (nSPS) is 10.8. The minimum atomic E-state index is 0.647. The molecule has 21 heavy (non-hydrogen) atoms. The van der Waals surface area contributed by atoms with Crippen LogP contribution in [0.1, 0.15) is 5.56 Å². The summed E-state index contributed by atoms with van der Waals surface area (Å²) in [7, 11) is 1.85. The van der Waals surface area contributed by atoms with Gasteiger partial charge in [-0.3, -0.25) is 9.67 Å². The maximum atomic E-state index is 6.22. The zero-order chi connectivity index (χ0) is 15.0. The topological polar surface area (TPSA) is 56.7 Å². The standard InChI is InChI=1S/C16H15BrN4/c1-10-7-12(9-19-8-10)15-14(16(18)21(2)20-15)11-3-5-13(17)6-4-11/h3-9H,18H2,1-2H3. The monoisotopic (exact) mass is 342 g/mol. The highest BCUT2D eigenvalue weighted by atomic mass is 79.9. The van der Waals surface area contributed by atoms with Gasteiger partial charge >= 0.3 is 0 Å². The van der Waals surface area contributed by atoms with Gasteiger partial charge in [-0.25, -0.2) is 0 Å². The predicted molar refractivity (Wildman–Crippen MR) is 88.7 cm³/mol. The number of nitrogens with two attached hydrogens (primary N) is 1. The number of aromatic nitrogens is 3. The molecule has 2 N–H and O–H groups in total. The first-order chi connectivity index (χ1) is 10.1. The molecular weight excluding hydrogens is 328 g/mol. The third-order valence-corrected chi connectivity index (χ3v) is 3.90. The summed E-state index contributed by atoms with van der Waals surface area (Å²) < 4.78 is 2.74. The fourth-order valence-corrected chi connectivity index (χ4v) is 2.59. The summed E-state index contributed by atoms with van der Waals surface area (Å²) in [6.45, 7) is 2.02. The van der Waals surface area contributed by atoms with Crippen molar-refractivity contribution in [3.05, 3.63) is 52.8 Å². The number of hydrogen-bond donors (Lipinski definition) is 1. The van der Waals surface area contributed by atoms with Gasteiger partial charge < -0.3 is 5.73 Å². The molecule has 0 fully saturated rings. The molecule has 0 radical (unpaired) electrons. The van der Waals surface area contributed by atoms with Gasteiger partial charge in [-0.1, -0.05) is 28.1 Å². The Bertz CT molecular complexity index is 791. The van der Waals surface area contributed by atoms with Crippen LogP contribution in [0.2, 0.25) is 0 Å². The third-order valence-electron chi connectivity index (χ3n) is 3.37. The lowest BCUT2D eigenvalue weighted by Gasteiger charge is -2.05. The van der Waals surface area contributed by atoms with Crippen LogP contribution in [-0.4, -0.2) is 14.8 Å². The lowest BCUT2D eigenvalue weighted by atomic mass is 10.0. The Morgan fingerprint density at radius 2 is 1.81 bits per heavy atom. The molecule has 0 aliphatic heterocycles. The van der Waals surface area contributed by atoms with Gasteiger partial charge in [0.2, 0.25) is 0 Å². The molecule has 106 valence electrons. The second kappa shape index (κ2) is 5.33. The summed E-state index contributed by atoms with van der Waals surface area (Å²) in [6, 6.07) is 10.1. The van der Waals surface area contributed by atoms with E-state index >= 15 is 0 Å². The highest BCUT2D eigenvalue weighted by molar-refractivity contribution is 9.10. The number of aryl methyl sites for hydroxylation is 2. The molecule has 0 bridgehead atoms. The minimum Gasteiger partial charge on any atom is -0.383 e. The molecule has 5 heteroatoms. The first-order valence-electron chi connectivity index (χ1n) is 6.56. The first kappa shape index (κ1) is 13.8. The zero-order valence-electron chi connectivity index (χ0n) is 11.8. The van der Waals surface area contributed by atoms with E-state index in [1.807, 2.05) is 50.6 Å². The highest BCUT2D eigenvalue weighted by Gasteiger charge is 2.17. The third kappa shape index (κ3) is 2.56. The van der Waals surface area contributed by atoms with Crippen molar-refractivity contribution in [3.63, 3.8) is 0 Å². The summed E-state index contributed by atoms with van der Waals surface area (Å²) in [6.07, 6.45) is 3.65. The maximum absolute atomic E-state index is 6.22. The second-order valence-electron chi connectivity index (χ2n) is 4.99. The average Bonchev–Trinajstić information content (AvgIpc) is 2.76. The van der Waals surface area contributed by atoms with Crippen LogP contribution in [0.25, 0.3) is 22.4 Å². The van der Waals surface area contributed by atoms with E-state index in [0.29, 0.717) is 5.82 Å². The van der Waals surface area contributed by atoms with Gasteiger partial charge in [0.25, 0.3) is 0 Å². The van der Waals surface area contributed by atoms with Gasteiger partial charge in [0.05, 0.1) is 5.56 Å². The van der Waals surface area contributed by atoms with Crippen LogP contribution < -0.4 is 5.73 Å². The maximum Gasteiger partial charge on any atom is 0.129 e. The molecule has 2 heterocycles. The SMILES string of the molecule is Cc1cncc(-c2nn(C)c(N)c2-c2ccc(Br)cc2)c1. The van der Waals surface area contributed by atoms with E-state index < -0.39 is 0 Å². The van der Waals surface area contributed by atoms with Gasteiger partial charge in [-0.2, -0.15) is 5.10 Å². The number of anilines is 1. The Morgan fingerprint density at radius 1 is 1.10 bits per heavy atom. The van der Waals surface area contributed by atoms with Gasteiger partial charge in [-0.05, 0) is 36.2 Å². The van der Waals surface area contributed by atoms with E-state index in [0.717, 1.165) is 32.4 Å². The molecule has 0 saturated carbocycles. The molecule has 0 unspecified atom stereocenters. The lowest BCUT2D eigenvalue weighted by Crippen LogP contribution is -1.97. The molecule has 3 rings (SSSR count). The van der Waals surface area contributed by atoms with Crippen molar-refractivity contribution < 1.29 is 0 Å². The van der Waals surface area contributed by atoms with Crippen molar-refractivity contribution in [1.29, 1.82) is 0 Å². The van der Waals surface area contributed by atoms with Crippen molar-refractivity contribution in [1.82, 2.24) is 14.8 Å². The van der Waals surface area contributed by atoms with Crippen LogP contribution in [0, 0.1) is 6.92 Å². The predicted octanol–water partition coefficient (Wildman–Crippen LogP) is 3.80. The van der Waals surface area contributed by atoms with Crippen molar-refractivity contribution in [3.8, 4) is 22.4 Å². The Balaban J connectivity index is 2.23. The van der Waals surface area contributed by atoms with E-state index in [9.17, 15) is 0 Å². The number of rotatable bonds is 2. The lowest BCUT2D eigenvalue weighted by molar-refractivity contribution is 0.782. The summed E-state index contributed by atoms with van der Waals surface area (Å²) in [5.41, 5.74) is 11.1. The smallest absolute Gasteiger partial charge is 0.129 e. The van der Waals surface area contributed by atoms with Crippen molar-refractivity contribution in [2.75, 3.05) is 5.73 Å². The Labute approximate surface area is 131 Å². The first-order valence-corrected chi connectivity index (χ1v) is 7.36. The summed E-state index contributed by atoms with van der Waals surface area (Å²) in [4.78, 5) is 4.25. The molecule has 3 aromatic rings. The van der Waals surface area contributed by atoms with Crippen LogP contribution in [0.5, 0.6) is 0 Å². The van der Waals surface area contributed by atoms with Crippen LogP contribution in [-0.2, 0) is 7.05 Å². The van der Waals surface area contributed by atoms with E-state index in [-0.39, 0.29) is 0 Å². The molecule has 0 spiro atoms. The molecule has 0 atom stereocenters. The molecule has 0 aliphatic rings. The molecule has 1 aromatic carbocycles. The van der Waals surface area contributed by atoms with E-state index in [1.54, 1.807) is 4.68 Å². The Morgan fingerprint density at radius 3 is 2.48 bits per heavy atom. The molecule has 0 aliphatic carbocycles. The fraction of sp³-hybridized carbons (Fsp3) is 0.125. The van der Waals surface area contributed by atoms with Crippen LogP contribution >= 0.6 is 15.9 Å². The fourth-order valence-electron chi connectivity index (χ4n) is 2.32. The summed E-state index contributed by atoms with van der Waals surface area (Å²) in [5, 5.41) is 4.56. The molecule has 0 amide bonds. The summed E-state index contributed by atoms with van der Waals surface area (Å²) >= 11 is 3.45. The van der Waals surface area contributed by atoms with Gasteiger partial charge in [0.1, 0.15) is 11.5 Å². The average molecular weight is 343 g/mol. The van der Waals surface area contributed by atoms with Crippen LogP contribution in [0.3, 0.4) is 0 Å². The molecule has 0 saturated heterocycles. The van der Waals surface area contributed by atoms with E-state index in [1.165, 1.54) is 0 Å². The van der Waals surface area contributed by atoms with Crippen LogP contribution in [0.4, 0.5) is 5.82 Å². The Kier molecular flexibility index (Phi) is 3.51. The second-order valence-corrected chi connectivity index (χ2v) is 5.91. The quantitative estimate of drug-likeness (QED) is 0.770. The van der Waals surface area contributed by atoms with Gasteiger partial charge in [0.15, 0.2) is 0 Å². The minimum absolute atomic E-state index is 0.647. The molecule has 4 nitrogen and oxygen atoms in total. The van der Waals surface area contributed by atoms with Crippen LogP contribution in [0.15, 0.2) is 47.2 Å². The number of nitrogen functional groups attached to an aromatic ring is 1. The number of halogens is 1. The van der Waals surface area contributed by atoms with Crippen molar-refractivity contribution in [2.45, 2.75) is 6.92 Å². The molecule has 2 aromatic heterocycles.